The van der Waals surface area contributed by atoms with E-state index in [2.05, 4.69) is 5.32 Å². The Bertz CT molecular complexity index is 324. The van der Waals surface area contributed by atoms with E-state index in [-0.39, 0.29) is 6.10 Å². The molecule has 2 rings (SSSR count). The number of hydrogen-bond acceptors (Lipinski definition) is 2. The van der Waals surface area contributed by atoms with Gasteiger partial charge in [0.15, 0.2) is 0 Å². The van der Waals surface area contributed by atoms with E-state index >= 15 is 0 Å². The number of hydrogen-bond donors (Lipinski definition) is 1. The summed E-state index contributed by atoms with van der Waals surface area (Å²) >= 11 is 11.8. The molecule has 0 spiro atoms. The highest BCUT2D eigenvalue weighted by atomic mass is 35.5. The minimum atomic E-state index is 0.214. The molecule has 0 aromatic heterocycles. The van der Waals surface area contributed by atoms with Gasteiger partial charge < -0.3 is 10.1 Å². The van der Waals surface area contributed by atoms with Crippen molar-refractivity contribution in [3.63, 3.8) is 0 Å². The lowest BCUT2D eigenvalue weighted by Crippen LogP contribution is -2.19. The van der Waals surface area contributed by atoms with Crippen LogP contribution in [-0.4, -0.2) is 19.2 Å². The molecule has 1 aliphatic rings. The number of halogens is 2. The lowest BCUT2D eigenvalue weighted by molar-refractivity contribution is 0.223. The van der Waals surface area contributed by atoms with E-state index in [9.17, 15) is 0 Å². The van der Waals surface area contributed by atoms with Crippen molar-refractivity contribution < 1.29 is 4.74 Å². The Morgan fingerprint density at radius 2 is 2.21 bits per heavy atom. The van der Waals surface area contributed by atoms with Crippen LogP contribution < -0.4 is 10.1 Å². The second kappa shape index (κ2) is 4.39. The first-order valence-electron chi connectivity index (χ1n) is 4.58. The molecule has 1 aromatic rings. The number of rotatable bonds is 2. The molecule has 2 nitrogen and oxygen atoms in total. The van der Waals surface area contributed by atoms with E-state index in [0.29, 0.717) is 15.8 Å². The highest BCUT2D eigenvalue weighted by Crippen LogP contribution is 2.29. The van der Waals surface area contributed by atoms with Crippen LogP contribution in [-0.2, 0) is 0 Å². The Hall–Kier alpha value is -0.440. The first kappa shape index (κ1) is 10.1. The summed E-state index contributed by atoms with van der Waals surface area (Å²) in [5, 5.41) is 4.49. The van der Waals surface area contributed by atoms with Gasteiger partial charge in [0.1, 0.15) is 11.9 Å². The highest BCUT2D eigenvalue weighted by Gasteiger charge is 2.17. The van der Waals surface area contributed by atoms with Gasteiger partial charge in [-0.3, -0.25) is 0 Å². The zero-order valence-corrected chi connectivity index (χ0v) is 9.11. The zero-order valence-electron chi connectivity index (χ0n) is 7.59. The quantitative estimate of drug-likeness (QED) is 0.846. The average molecular weight is 232 g/mol. The Labute approximate surface area is 93.2 Å². The normalized spacial score (nSPS) is 21.1. The monoisotopic (exact) mass is 231 g/mol. The van der Waals surface area contributed by atoms with Crippen LogP contribution in [0.3, 0.4) is 0 Å². The molecule has 1 fully saturated rings. The molecule has 0 bridgehead atoms. The van der Waals surface area contributed by atoms with Crippen LogP contribution in [0.2, 0.25) is 10.0 Å². The molecular weight excluding hydrogens is 221 g/mol. The van der Waals surface area contributed by atoms with Crippen molar-refractivity contribution >= 4 is 23.2 Å². The minimum absolute atomic E-state index is 0.214. The maximum absolute atomic E-state index is 5.97. The fourth-order valence-corrected chi connectivity index (χ4v) is 1.80. The van der Waals surface area contributed by atoms with Gasteiger partial charge in [0, 0.05) is 17.6 Å². The first-order chi connectivity index (χ1) is 6.75. The number of nitrogens with one attached hydrogen (secondary N) is 1. The predicted molar refractivity (Wildman–Crippen MR) is 58.4 cm³/mol. The molecule has 14 heavy (non-hydrogen) atoms. The first-order valence-corrected chi connectivity index (χ1v) is 5.34. The van der Waals surface area contributed by atoms with E-state index < -0.39 is 0 Å². The molecule has 0 aliphatic carbocycles. The SMILES string of the molecule is Clc1ccc(Cl)c(O[C@@H]2CCNC2)c1. The number of benzene rings is 1. The van der Waals surface area contributed by atoms with Crippen molar-refractivity contribution in [2.45, 2.75) is 12.5 Å². The van der Waals surface area contributed by atoms with Crippen LogP contribution in [0.15, 0.2) is 18.2 Å². The van der Waals surface area contributed by atoms with Gasteiger partial charge in [0.25, 0.3) is 0 Å². The standard InChI is InChI=1S/C10H11Cl2NO/c11-7-1-2-9(12)10(5-7)14-8-3-4-13-6-8/h1-2,5,8,13H,3-4,6H2/t8-/m1/s1. The molecule has 76 valence electrons. The molecule has 1 heterocycles. The molecule has 4 heteroatoms. The van der Waals surface area contributed by atoms with Crippen LogP contribution in [0.1, 0.15) is 6.42 Å². The van der Waals surface area contributed by atoms with Crippen molar-refractivity contribution in [2.75, 3.05) is 13.1 Å². The van der Waals surface area contributed by atoms with Gasteiger partial charge in [-0.15, -0.1) is 0 Å². The van der Waals surface area contributed by atoms with Crippen LogP contribution >= 0.6 is 23.2 Å². The fourth-order valence-electron chi connectivity index (χ4n) is 1.48. The summed E-state index contributed by atoms with van der Waals surface area (Å²) in [5.74, 6) is 0.674. The van der Waals surface area contributed by atoms with E-state index in [1.165, 1.54) is 0 Å². The maximum atomic E-state index is 5.97. The molecule has 1 aliphatic heterocycles. The van der Waals surface area contributed by atoms with Gasteiger partial charge in [-0.1, -0.05) is 23.2 Å². The van der Waals surface area contributed by atoms with Crippen molar-refractivity contribution in [1.29, 1.82) is 0 Å². The summed E-state index contributed by atoms with van der Waals surface area (Å²) in [6.07, 6.45) is 1.23. The van der Waals surface area contributed by atoms with Crippen molar-refractivity contribution in [3.8, 4) is 5.75 Å². The second-order valence-electron chi connectivity index (χ2n) is 3.31. The molecule has 0 amide bonds. The van der Waals surface area contributed by atoms with Gasteiger partial charge in [-0.2, -0.15) is 0 Å². The van der Waals surface area contributed by atoms with E-state index in [1.54, 1.807) is 18.2 Å². The summed E-state index contributed by atoms with van der Waals surface area (Å²) in [4.78, 5) is 0. The summed E-state index contributed by atoms with van der Waals surface area (Å²) < 4.78 is 5.71. The third kappa shape index (κ3) is 2.32. The maximum Gasteiger partial charge on any atom is 0.139 e. The van der Waals surface area contributed by atoms with Gasteiger partial charge in [0.05, 0.1) is 5.02 Å². The lowest BCUT2D eigenvalue weighted by Gasteiger charge is -2.13. The Morgan fingerprint density at radius 3 is 2.93 bits per heavy atom. The average Bonchev–Trinajstić information content (AvgIpc) is 2.64. The van der Waals surface area contributed by atoms with Gasteiger partial charge in [-0.05, 0) is 25.1 Å². The molecule has 0 unspecified atom stereocenters. The van der Waals surface area contributed by atoms with Crippen molar-refractivity contribution in [3.05, 3.63) is 28.2 Å². The van der Waals surface area contributed by atoms with Crippen LogP contribution in [0, 0.1) is 0 Å². The Balaban J connectivity index is 2.10. The lowest BCUT2D eigenvalue weighted by atomic mass is 10.3. The molecule has 1 aromatic carbocycles. The van der Waals surface area contributed by atoms with Gasteiger partial charge in [0.2, 0.25) is 0 Å². The van der Waals surface area contributed by atoms with Crippen molar-refractivity contribution in [1.82, 2.24) is 5.32 Å². The smallest absolute Gasteiger partial charge is 0.139 e. The van der Waals surface area contributed by atoms with Crippen LogP contribution in [0.4, 0.5) is 0 Å². The summed E-state index contributed by atoms with van der Waals surface area (Å²) in [6.45, 7) is 1.88. The molecule has 0 radical (unpaired) electrons. The fraction of sp³-hybridized carbons (Fsp3) is 0.400. The van der Waals surface area contributed by atoms with Crippen molar-refractivity contribution in [2.24, 2.45) is 0 Å². The van der Waals surface area contributed by atoms with Crippen LogP contribution in [0.25, 0.3) is 0 Å². The largest absolute Gasteiger partial charge is 0.487 e. The van der Waals surface area contributed by atoms with E-state index in [4.69, 9.17) is 27.9 Å². The molecule has 0 saturated carbocycles. The van der Waals surface area contributed by atoms with Gasteiger partial charge >= 0.3 is 0 Å². The zero-order chi connectivity index (χ0) is 9.97. The summed E-state index contributed by atoms with van der Waals surface area (Å²) in [6, 6.07) is 5.26. The third-order valence-corrected chi connectivity index (χ3v) is 2.75. The second-order valence-corrected chi connectivity index (χ2v) is 4.15. The molecular formula is C10H11Cl2NO. The Kier molecular flexibility index (Phi) is 3.16. The number of ether oxygens (including phenoxy) is 1. The molecule has 1 saturated heterocycles. The minimum Gasteiger partial charge on any atom is -0.487 e. The topological polar surface area (TPSA) is 21.3 Å². The Morgan fingerprint density at radius 1 is 1.36 bits per heavy atom. The highest BCUT2D eigenvalue weighted by molar-refractivity contribution is 6.34. The van der Waals surface area contributed by atoms with E-state index in [0.717, 1.165) is 19.5 Å². The molecule has 1 atom stereocenters. The summed E-state index contributed by atoms with van der Waals surface area (Å²) in [7, 11) is 0. The predicted octanol–water partition coefficient (Wildman–Crippen LogP) is 2.73. The van der Waals surface area contributed by atoms with E-state index in [1.807, 2.05) is 0 Å². The summed E-state index contributed by atoms with van der Waals surface area (Å²) in [5.41, 5.74) is 0. The van der Waals surface area contributed by atoms with Crippen LogP contribution in [0.5, 0.6) is 5.75 Å². The van der Waals surface area contributed by atoms with Gasteiger partial charge in [-0.25, -0.2) is 0 Å². The molecule has 1 N–H and O–H groups in total. The third-order valence-electron chi connectivity index (χ3n) is 2.20.